The molecule has 152 valence electrons. The van der Waals surface area contributed by atoms with Crippen molar-refractivity contribution in [3.8, 4) is 0 Å². The molecule has 7 heteroatoms. The molecule has 2 aromatic rings. The maximum atomic E-state index is 12.3. The first-order valence-electron chi connectivity index (χ1n) is 9.48. The Morgan fingerprint density at radius 1 is 1.21 bits per heavy atom. The predicted octanol–water partition coefficient (Wildman–Crippen LogP) is 3.66. The zero-order valence-corrected chi connectivity index (χ0v) is 18.4. The smallest absolute Gasteiger partial charge is 0.251 e. The third kappa shape index (κ3) is 6.96. The van der Waals surface area contributed by atoms with Gasteiger partial charge in [-0.25, -0.2) is 4.98 Å². The highest BCUT2D eigenvalue weighted by molar-refractivity contribution is 7.09. The summed E-state index contributed by atoms with van der Waals surface area (Å²) in [6.07, 6.45) is 0. The van der Waals surface area contributed by atoms with Crippen LogP contribution >= 0.6 is 11.3 Å². The largest absolute Gasteiger partial charge is 0.352 e. The van der Waals surface area contributed by atoms with E-state index in [4.69, 9.17) is 0 Å². The van der Waals surface area contributed by atoms with Crippen LogP contribution in [0.2, 0.25) is 0 Å². The molecule has 0 aliphatic rings. The molecule has 0 bridgehead atoms. The Bertz CT molecular complexity index is 820. The number of amides is 1. The van der Waals surface area contributed by atoms with E-state index in [1.165, 1.54) is 0 Å². The maximum absolute atomic E-state index is 12.3. The number of nitrogens with one attached hydrogen (secondary N) is 3. The molecule has 1 amide bonds. The van der Waals surface area contributed by atoms with E-state index in [0.29, 0.717) is 30.5 Å². The van der Waals surface area contributed by atoms with E-state index in [9.17, 15) is 4.79 Å². The molecule has 0 aliphatic heterocycles. The molecule has 0 atom stereocenters. The van der Waals surface area contributed by atoms with Crippen molar-refractivity contribution in [2.24, 2.45) is 4.99 Å². The van der Waals surface area contributed by atoms with E-state index in [1.807, 2.05) is 45.0 Å². The summed E-state index contributed by atoms with van der Waals surface area (Å²) in [7, 11) is 1.74. The molecule has 0 radical (unpaired) electrons. The van der Waals surface area contributed by atoms with E-state index in [-0.39, 0.29) is 11.4 Å². The van der Waals surface area contributed by atoms with Gasteiger partial charge >= 0.3 is 0 Å². The van der Waals surface area contributed by atoms with Crippen LogP contribution in [0.15, 0.2) is 34.6 Å². The van der Waals surface area contributed by atoms with E-state index in [2.05, 4.69) is 45.2 Å². The van der Waals surface area contributed by atoms with Crippen LogP contribution in [-0.4, -0.2) is 29.4 Å². The van der Waals surface area contributed by atoms with Crippen molar-refractivity contribution in [3.63, 3.8) is 0 Å². The third-order valence-corrected chi connectivity index (χ3v) is 4.80. The minimum absolute atomic E-state index is 0.0680. The number of hydrogen-bond acceptors (Lipinski definition) is 4. The van der Waals surface area contributed by atoms with E-state index in [1.54, 1.807) is 18.4 Å². The highest BCUT2D eigenvalue weighted by Gasteiger charge is 2.15. The molecule has 0 spiro atoms. The van der Waals surface area contributed by atoms with E-state index in [0.717, 1.165) is 16.3 Å². The summed E-state index contributed by atoms with van der Waals surface area (Å²) < 4.78 is 0. The molecule has 0 aliphatic carbocycles. The fourth-order valence-electron chi connectivity index (χ4n) is 2.47. The van der Waals surface area contributed by atoms with Crippen LogP contribution in [0.3, 0.4) is 0 Å². The van der Waals surface area contributed by atoms with Crippen molar-refractivity contribution in [1.29, 1.82) is 0 Å². The summed E-state index contributed by atoms with van der Waals surface area (Å²) >= 11 is 1.65. The van der Waals surface area contributed by atoms with Gasteiger partial charge in [0.05, 0.1) is 12.2 Å². The van der Waals surface area contributed by atoms with Crippen molar-refractivity contribution < 1.29 is 4.79 Å². The van der Waals surface area contributed by atoms with Crippen molar-refractivity contribution in [1.82, 2.24) is 20.9 Å². The van der Waals surface area contributed by atoms with Crippen LogP contribution in [0.5, 0.6) is 0 Å². The van der Waals surface area contributed by atoms with Crippen molar-refractivity contribution in [2.45, 2.75) is 59.2 Å². The third-order valence-electron chi connectivity index (χ3n) is 3.93. The average molecular weight is 402 g/mol. The first kappa shape index (κ1) is 21.9. The Morgan fingerprint density at radius 3 is 2.54 bits per heavy atom. The van der Waals surface area contributed by atoms with Gasteiger partial charge in [-0.3, -0.25) is 9.79 Å². The highest BCUT2D eigenvalue weighted by Crippen LogP contribution is 2.17. The van der Waals surface area contributed by atoms with Gasteiger partial charge in [0.2, 0.25) is 0 Å². The molecule has 0 unspecified atom stereocenters. The van der Waals surface area contributed by atoms with Gasteiger partial charge in [-0.2, -0.15) is 0 Å². The maximum Gasteiger partial charge on any atom is 0.251 e. The molecule has 2 rings (SSSR count). The molecule has 0 fully saturated rings. The van der Waals surface area contributed by atoms with Gasteiger partial charge in [0.25, 0.3) is 5.91 Å². The van der Waals surface area contributed by atoms with Gasteiger partial charge in [0.1, 0.15) is 5.01 Å². The number of carbonyl (C=O) groups excluding carboxylic acids is 1. The number of benzene rings is 1. The second kappa shape index (κ2) is 9.68. The summed E-state index contributed by atoms with van der Waals surface area (Å²) in [5, 5.41) is 12.7. The van der Waals surface area contributed by atoms with E-state index >= 15 is 0 Å². The zero-order valence-electron chi connectivity index (χ0n) is 17.6. The lowest BCUT2D eigenvalue weighted by molar-refractivity contribution is 0.0919. The van der Waals surface area contributed by atoms with Gasteiger partial charge in [-0.1, -0.05) is 26.0 Å². The number of hydrogen-bond donors (Lipinski definition) is 3. The Kier molecular flexibility index (Phi) is 7.57. The van der Waals surface area contributed by atoms with Gasteiger partial charge in [-0.15, -0.1) is 11.3 Å². The second-order valence-electron chi connectivity index (χ2n) is 8.00. The summed E-state index contributed by atoms with van der Waals surface area (Å²) in [6, 6.07) is 7.61. The molecule has 6 nitrogen and oxygen atoms in total. The fraction of sp³-hybridized carbons (Fsp3) is 0.476. The predicted molar refractivity (Wildman–Crippen MR) is 117 cm³/mol. The van der Waals surface area contributed by atoms with Gasteiger partial charge < -0.3 is 16.0 Å². The minimum Gasteiger partial charge on any atom is -0.352 e. The van der Waals surface area contributed by atoms with Crippen molar-refractivity contribution in [3.05, 3.63) is 51.5 Å². The number of carbonyl (C=O) groups is 1. The first-order chi connectivity index (χ1) is 13.2. The lowest BCUT2D eigenvalue weighted by Gasteiger charge is -2.20. The summed E-state index contributed by atoms with van der Waals surface area (Å²) in [5.41, 5.74) is 2.53. The van der Waals surface area contributed by atoms with Crippen LogP contribution in [0.1, 0.15) is 67.2 Å². The van der Waals surface area contributed by atoms with E-state index < -0.39 is 0 Å². The Labute approximate surface area is 171 Å². The number of guanidine groups is 1. The SMILES string of the molecule is CN=C(NCc1cccc(C(=O)NC(C)(C)C)c1)NCc1nc(C(C)C)cs1. The van der Waals surface area contributed by atoms with Crippen LogP contribution < -0.4 is 16.0 Å². The quantitative estimate of drug-likeness (QED) is 0.510. The lowest BCUT2D eigenvalue weighted by Crippen LogP contribution is -2.40. The second-order valence-corrected chi connectivity index (χ2v) is 8.95. The summed E-state index contributed by atoms with van der Waals surface area (Å²) in [4.78, 5) is 21.2. The average Bonchev–Trinajstić information content (AvgIpc) is 3.10. The van der Waals surface area contributed by atoms with Gasteiger partial charge in [0.15, 0.2) is 5.96 Å². The normalized spacial score (nSPS) is 12.2. The molecule has 0 saturated heterocycles. The van der Waals surface area contributed by atoms with Crippen LogP contribution in [-0.2, 0) is 13.1 Å². The Balaban J connectivity index is 1.90. The minimum atomic E-state index is -0.261. The van der Waals surface area contributed by atoms with Crippen LogP contribution in [0.4, 0.5) is 0 Å². The van der Waals surface area contributed by atoms with Crippen LogP contribution in [0, 0.1) is 0 Å². The molecule has 1 aromatic heterocycles. The number of thiazole rings is 1. The zero-order chi connectivity index (χ0) is 20.7. The van der Waals surface area contributed by atoms with Gasteiger partial charge in [-0.05, 0) is 44.4 Å². The first-order valence-corrected chi connectivity index (χ1v) is 10.4. The Morgan fingerprint density at radius 2 is 1.93 bits per heavy atom. The van der Waals surface area contributed by atoms with Gasteiger partial charge in [0, 0.05) is 30.1 Å². The number of nitrogens with zero attached hydrogens (tertiary/aromatic N) is 2. The monoisotopic (exact) mass is 401 g/mol. The molecule has 3 N–H and O–H groups in total. The topological polar surface area (TPSA) is 78.4 Å². The Hall–Kier alpha value is -2.41. The highest BCUT2D eigenvalue weighted by atomic mass is 32.1. The summed E-state index contributed by atoms with van der Waals surface area (Å²) in [6.45, 7) is 11.4. The number of aromatic nitrogens is 1. The molecule has 1 aromatic carbocycles. The molecular formula is C21H31N5OS. The molecule has 28 heavy (non-hydrogen) atoms. The summed E-state index contributed by atoms with van der Waals surface area (Å²) in [5.74, 6) is 1.07. The fourth-order valence-corrected chi connectivity index (χ4v) is 3.37. The van der Waals surface area contributed by atoms with Crippen molar-refractivity contribution >= 4 is 23.2 Å². The molecule has 1 heterocycles. The van der Waals surface area contributed by atoms with Crippen LogP contribution in [0.25, 0.3) is 0 Å². The molecule has 0 saturated carbocycles. The lowest BCUT2D eigenvalue weighted by atomic mass is 10.1. The number of rotatable bonds is 6. The standard InChI is InChI=1S/C21H31N5OS/c1-14(2)17-13-28-18(25-17)12-24-20(22-6)23-11-15-8-7-9-16(10-15)19(27)26-21(3,4)5/h7-10,13-14H,11-12H2,1-6H3,(H,26,27)(H2,22,23,24). The molecular weight excluding hydrogens is 370 g/mol. The number of aliphatic imine (C=N–C) groups is 1. The van der Waals surface area contributed by atoms with Crippen molar-refractivity contribution in [2.75, 3.05) is 7.05 Å².